The molecule has 3 heterocycles. The highest BCUT2D eigenvalue weighted by Crippen LogP contribution is 2.29. The summed E-state index contributed by atoms with van der Waals surface area (Å²) in [6.45, 7) is 0.990. The Morgan fingerprint density at radius 2 is 1.72 bits per heavy atom. The van der Waals surface area contributed by atoms with Crippen molar-refractivity contribution in [2.45, 2.75) is 17.7 Å². The van der Waals surface area contributed by atoms with E-state index < -0.39 is 15.9 Å². The summed E-state index contributed by atoms with van der Waals surface area (Å²) in [5.41, 5.74) is 5.61. The van der Waals surface area contributed by atoms with Gasteiger partial charge in [0.1, 0.15) is 10.6 Å². The van der Waals surface area contributed by atoms with E-state index in [4.69, 9.17) is 0 Å². The van der Waals surface area contributed by atoms with Crippen molar-refractivity contribution in [3.05, 3.63) is 59.9 Å². The van der Waals surface area contributed by atoms with Crippen molar-refractivity contribution < 1.29 is 18.0 Å². The topological polar surface area (TPSA) is 121 Å². The van der Waals surface area contributed by atoms with Crippen molar-refractivity contribution in [3.63, 3.8) is 0 Å². The number of nitrogens with zero attached hydrogens (tertiary/aromatic N) is 3. The number of hydrogen-bond donors (Lipinski definition) is 2. The predicted octanol–water partition coefficient (Wildman–Crippen LogP) is 0.704. The van der Waals surface area contributed by atoms with E-state index >= 15 is 0 Å². The summed E-state index contributed by atoms with van der Waals surface area (Å²) in [7, 11) is -3.66. The van der Waals surface area contributed by atoms with Crippen molar-refractivity contribution >= 4 is 27.7 Å². The first-order valence-electron chi connectivity index (χ1n) is 9.16. The number of hydrazine groups is 1. The predicted molar refractivity (Wildman–Crippen MR) is 104 cm³/mol. The molecular weight excluding hydrogens is 394 g/mol. The normalized spacial score (nSPS) is 17.9. The second-order valence-electron chi connectivity index (χ2n) is 6.81. The highest BCUT2D eigenvalue weighted by molar-refractivity contribution is 7.90. The number of carbonyl (C=O) groups is 2. The Hall–Kier alpha value is -3.27. The molecule has 0 saturated carbocycles. The van der Waals surface area contributed by atoms with Crippen LogP contribution in [0.2, 0.25) is 0 Å². The second-order valence-corrected chi connectivity index (χ2v) is 8.38. The lowest BCUT2D eigenvalue weighted by molar-refractivity contribution is -0.126. The number of pyridine rings is 1. The summed E-state index contributed by atoms with van der Waals surface area (Å²) in [4.78, 5) is 30.4. The molecule has 2 amide bonds. The molecule has 0 atom stereocenters. The fraction of sp³-hybridized carbons (Fsp3) is 0.263. The quantitative estimate of drug-likeness (QED) is 0.700. The molecule has 2 aliphatic heterocycles. The maximum atomic E-state index is 12.4. The number of benzene rings is 1. The fourth-order valence-electron chi connectivity index (χ4n) is 3.45. The van der Waals surface area contributed by atoms with Gasteiger partial charge in [0.15, 0.2) is 5.84 Å². The number of likely N-dealkylation sites (tertiary alicyclic amines) is 1. The van der Waals surface area contributed by atoms with Gasteiger partial charge in [-0.05, 0) is 37.1 Å². The molecule has 1 aromatic carbocycles. The van der Waals surface area contributed by atoms with E-state index in [-0.39, 0.29) is 22.4 Å². The van der Waals surface area contributed by atoms with Gasteiger partial charge in [0.05, 0.1) is 0 Å². The molecule has 1 saturated heterocycles. The first-order valence-corrected chi connectivity index (χ1v) is 10.6. The fourth-order valence-corrected chi connectivity index (χ4v) is 4.68. The summed E-state index contributed by atoms with van der Waals surface area (Å²) in [6, 6.07) is 11.7. The van der Waals surface area contributed by atoms with Crippen molar-refractivity contribution in [2.75, 3.05) is 13.1 Å². The summed E-state index contributed by atoms with van der Waals surface area (Å²) in [6.07, 6.45) is 2.54. The van der Waals surface area contributed by atoms with Crippen LogP contribution in [-0.4, -0.2) is 49.0 Å². The van der Waals surface area contributed by atoms with E-state index in [0.717, 1.165) is 0 Å². The van der Waals surface area contributed by atoms with Crippen LogP contribution < -0.4 is 10.9 Å². The Balaban J connectivity index is 1.34. The molecule has 0 unspecified atom stereocenters. The van der Waals surface area contributed by atoms with Gasteiger partial charge in [-0.15, -0.1) is 4.40 Å². The summed E-state index contributed by atoms with van der Waals surface area (Å²) >= 11 is 0. The maximum absolute atomic E-state index is 12.4. The van der Waals surface area contributed by atoms with Crippen LogP contribution in [0.3, 0.4) is 0 Å². The molecule has 29 heavy (non-hydrogen) atoms. The minimum atomic E-state index is -3.66. The number of rotatable bonds is 2. The molecule has 2 aromatic rings. The van der Waals surface area contributed by atoms with Crippen LogP contribution in [0, 0.1) is 5.92 Å². The number of carbonyl (C=O) groups excluding carboxylic acids is 2. The Morgan fingerprint density at radius 3 is 2.45 bits per heavy atom. The monoisotopic (exact) mass is 413 g/mol. The Labute approximate surface area is 167 Å². The standard InChI is InChI=1S/C19H19N5O4S/c25-18(21-22-19(26)15-6-3-4-10-20-15)13-8-11-24(12-9-13)17-14-5-1-2-7-16(14)29(27,28)23-17/h1-7,10,13H,8-9,11-12H2,(H,21,25)(H,22,26). The summed E-state index contributed by atoms with van der Waals surface area (Å²) in [5, 5.41) is 0. The van der Waals surface area contributed by atoms with E-state index in [2.05, 4.69) is 20.2 Å². The molecule has 9 nitrogen and oxygen atoms in total. The first kappa shape index (κ1) is 19.1. The van der Waals surface area contributed by atoms with Crippen LogP contribution in [0.25, 0.3) is 0 Å². The molecule has 2 aliphatic rings. The molecule has 2 N–H and O–H groups in total. The van der Waals surface area contributed by atoms with Gasteiger partial charge in [0.25, 0.3) is 15.9 Å². The molecule has 150 valence electrons. The van der Waals surface area contributed by atoms with Crippen molar-refractivity contribution in [2.24, 2.45) is 10.3 Å². The van der Waals surface area contributed by atoms with E-state index in [9.17, 15) is 18.0 Å². The maximum Gasteiger partial charge on any atom is 0.288 e. The molecule has 0 radical (unpaired) electrons. The van der Waals surface area contributed by atoms with Crippen molar-refractivity contribution in [1.82, 2.24) is 20.7 Å². The lowest BCUT2D eigenvalue weighted by Gasteiger charge is -2.32. The van der Waals surface area contributed by atoms with Gasteiger partial charge in [-0.1, -0.05) is 18.2 Å². The van der Waals surface area contributed by atoms with E-state index in [1.807, 2.05) is 4.90 Å². The van der Waals surface area contributed by atoms with Crippen LogP contribution in [0.1, 0.15) is 28.9 Å². The molecule has 10 heteroatoms. The summed E-state index contributed by atoms with van der Waals surface area (Å²) < 4.78 is 28.4. The SMILES string of the molecule is O=C(NNC(=O)C1CCN(C2=NS(=O)(=O)c3ccccc32)CC1)c1ccccn1. The highest BCUT2D eigenvalue weighted by atomic mass is 32.2. The van der Waals surface area contributed by atoms with Gasteiger partial charge >= 0.3 is 0 Å². The third kappa shape index (κ3) is 3.83. The molecule has 0 aliphatic carbocycles. The number of fused-ring (bicyclic) bond motifs is 1. The van der Waals surface area contributed by atoms with Crippen molar-refractivity contribution in [1.29, 1.82) is 0 Å². The minimum absolute atomic E-state index is 0.210. The van der Waals surface area contributed by atoms with Gasteiger partial charge in [0, 0.05) is 30.8 Å². The lowest BCUT2D eigenvalue weighted by atomic mass is 9.95. The first-order chi connectivity index (χ1) is 14.0. The molecule has 1 fully saturated rings. The van der Waals surface area contributed by atoms with Crippen LogP contribution in [0.15, 0.2) is 58.0 Å². The number of sulfonamides is 1. The van der Waals surface area contributed by atoms with Crippen LogP contribution in [0.5, 0.6) is 0 Å². The zero-order valence-corrected chi connectivity index (χ0v) is 16.2. The number of amidine groups is 1. The molecule has 0 spiro atoms. The van der Waals surface area contributed by atoms with Gasteiger partial charge < -0.3 is 4.90 Å². The Kier molecular flexibility index (Phi) is 5.01. The largest absolute Gasteiger partial charge is 0.355 e. The van der Waals surface area contributed by atoms with Crippen molar-refractivity contribution in [3.8, 4) is 0 Å². The molecular formula is C19H19N5O4S. The number of amides is 2. The zero-order valence-electron chi connectivity index (χ0n) is 15.4. The minimum Gasteiger partial charge on any atom is -0.355 e. The summed E-state index contributed by atoms with van der Waals surface area (Å²) in [5.74, 6) is -0.624. The number of aromatic nitrogens is 1. The van der Waals surface area contributed by atoms with Crippen LogP contribution in [-0.2, 0) is 14.8 Å². The number of nitrogens with one attached hydrogen (secondary N) is 2. The zero-order chi connectivity index (χ0) is 20.4. The third-order valence-electron chi connectivity index (χ3n) is 4.97. The van der Waals surface area contributed by atoms with Crippen LogP contribution >= 0.6 is 0 Å². The van der Waals surface area contributed by atoms with Gasteiger partial charge in [-0.2, -0.15) is 8.42 Å². The Morgan fingerprint density at radius 1 is 1.00 bits per heavy atom. The number of piperidine rings is 1. The molecule has 1 aromatic heterocycles. The van der Waals surface area contributed by atoms with E-state index in [1.54, 1.807) is 42.5 Å². The molecule has 4 rings (SSSR count). The van der Waals surface area contributed by atoms with Gasteiger partial charge in [-0.25, -0.2) is 0 Å². The van der Waals surface area contributed by atoms with E-state index in [1.165, 1.54) is 6.20 Å². The molecule has 0 bridgehead atoms. The van der Waals surface area contributed by atoms with Gasteiger partial charge in [-0.3, -0.25) is 25.4 Å². The average molecular weight is 413 g/mol. The third-order valence-corrected chi connectivity index (χ3v) is 6.30. The lowest BCUT2D eigenvalue weighted by Crippen LogP contribution is -2.48. The van der Waals surface area contributed by atoms with E-state index in [0.29, 0.717) is 37.3 Å². The highest BCUT2D eigenvalue weighted by Gasteiger charge is 2.34. The smallest absolute Gasteiger partial charge is 0.288 e. The van der Waals surface area contributed by atoms with Crippen LogP contribution in [0.4, 0.5) is 0 Å². The van der Waals surface area contributed by atoms with Gasteiger partial charge in [0.2, 0.25) is 5.91 Å². The Bertz CT molecular complexity index is 1080. The second kappa shape index (κ2) is 7.63. The number of hydrogen-bond acceptors (Lipinski definition) is 6. The average Bonchev–Trinajstić information content (AvgIpc) is 3.04.